The molecule has 19 heavy (non-hydrogen) atoms. The average molecular weight is 264 g/mol. The monoisotopic (exact) mass is 264 g/mol. The smallest absolute Gasteiger partial charge is 0.337 e. The van der Waals surface area contributed by atoms with Crippen molar-refractivity contribution >= 4 is 11.8 Å². The van der Waals surface area contributed by atoms with Crippen LogP contribution in [0.15, 0.2) is 12.1 Å². The van der Waals surface area contributed by atoms with E-state index in [1.165, 1.54) is 0 Å². The van der Waals surface area contributed by atoms with Gasteiger partial charge >= 0.3 is 5.97 Å². The number of carboxylic acids is 1. The first kappa shape index (κ1) is 13.8. The van der Waals surface area contributed by atoms with Crippen molar-refractivity contribution in [1.29, 1.82) is 0 Å². The molecule has 2 N–H and O–H groups in total. The number of anilines is 1. The minimum Gasteiger partial charge on any atom is -0.478 e. The Hall–Kier alpha value is -1.62. The Balaban J connectivity index is 2.13. The molecule has 104 valence electrons. The lowest BCUT2D eigenvalue weighted by molar-refractivity contribution is 0.0695. The Morgan fingerprint density at radius 3 is 2.95 bits per heavy atom. The average Bonchev–Trinajstić information content (AvgIpc) is 2.39. The second kappa shape index (κ2) is 6.02. The summed E-state index contributed by atoms with van der Waals surface area (Å²) in [4.78, 5) is 17.5. The summed E-state index contributed by atoms with van der Waals surface area (Å²) < 4.78 is 0. The Labute approximate surface area is 112 Å². The lowest BCUT2D eigenvalue weighted by Gasteiger charge is -2.33. The maximum atomic E-state index is 11.0. The van der Waals surface area contributed by atoms with Gasteiger partial charge in [-0.15, -0.1) is 0 Å². The third-order valence-electron chi connectivity index (χ3n) is 3.68. The highest BCUT2D eigenvalue weighted by Crippen LogP contribution is 2.24. The second-order valence-corrected chi connectivity index (χ2v) is 5.07. The van der Waals surface area contributed by atoms with Gasteiger partial charge in [0, 0.05) is 19.7 Å². The number of nitrogens with zero attached hydrogens (tertiary/aromatic N) is 2. The van der Waals surface area contributed by atoms with Crippen molar-refractivity contribution in [2.24, 2.45) is 5.92 Å². The molecule has 1 atom stereocenters. The number of carboxylic acid groups (broad SMARTS) is 1. The van der Waals surface area contributed by atoms with Crippen molar-refractivity contribution in [3.63, 3.8) is 0 Å². The number of aromatic nitrogens is 1. The maximum absolute atomic E-state index is 11.0. The fourth-order valence-corrected chi connectivity index (χ4v) is 2.64. The number of aryl methyl sites for hydroxylation is 1. The molecule has 2 heterocycles. The van der Waals surface area contributed by atoms with Crippen LogP contribution in [0.1, 0.15) is 35.3 Å². The van der Waals surface area contributed by atoms with E-state index in [1.807, 2.05) is 0 Å². The molecule has 1 unspecified atom stereocenters. The molecule has 1 aromatic rings. The number of piperidine rings is 1. The van der Waals surface area contributed by atoms with Crippen LogP contribution >= 0.6 is 0 Å². The summed E-state index contributed by atoms with van der Waals surface area (Å²) in [6, 6.07) is 3.40. The van der Waals surface area contributed by atoms with Crippen molar-refractivity contribution in [2.45, 2.75) is 26.2 Å². The number of aliphatic hydroxyl groups is 1. The number of pyridine rings is 1. The van der Waals surface area contributed by atoms with Gasteiger partial charge in [0.2, 0.25) is 0 Å². The van der Waals surface area contributed by atoms with Crippen LogP contribution in [-0.4, -0.2) is 40.9 Å². The van der Waals surface area contributed by atoms with E-state index in [0.717, 1.165) is 38.2 Å². The third kappa shape index (κ3) is 3.23. The van der Waals surface area contributed by atoms with Crippen LogP contribution in [0.5, 0.6) is 0 Å². The van der Waals surface area contributed by atoms with Crippen LogP contribution in [0.25, 0.3) is 0 Å². The topological polar surface area (TPSA) is 73.7 Å². The van der Waals surface area contributed by atoms with Crippen LogP contribution in [0.2, 0.25) is 0 Å². The number of aliphatic hydroxyl groups excluding tert-OH is 1. The van der Waals surface area contributed by atoms with E-state index in [4.69, 9.17) is 10.2 Å². The fourth-order valence-electron chi connectivity index (χ4n) is 2.64. The maximum Gasteiger partial charge on any atom is 0.337 e. The zero-order chi connectivity index (χ0) is 13.8. The minimum absolute atomic E-state index is 0.225. The zero-order valence-electron chi connectivity index (χ0n) is 11.2. The number of hydrogen-bond donors (Lipinski definition) is 2. The van der Waals surface area contributed by atoms with Crippen molar-refractivity contribution in [2.75, 3.05) is 24.6 Å². The summed E-state index contributed by atoms with van der Waals surface area (Å²) in [5.41, 5.74) is 0.807. The van der Waals surface area contributed by atoms with E-state index in [0.29, 0.717) is 11.6 Å². The first-order valence-electron chi connectivity index (χ1n) is 6.68. The zero-order valence-corrected chi connectivity index (χ0v) is 11.2. The molecule has 5 nitrogen and oxygen atoms in total. The molecule has 1 aliphatic rings. The van der Waals surface area contributed by atoms with Crippen LogP contribution in [0.4, 0.5) is 5.82 Å². The predicted octanol–water partition coefficient (Wildman–Crippen LogP) is 1.69. The summed E-state index contributed by atoms with van der Waals surface area (Å²) in [5.74, 6) is 0.401. The second-order valence-electron chi connectivity index (χ2n) is 5.07. The van der Waals surface area contributed by atoms with Crippen LogP contribution in [-0.2, 0) is 0 Å². The van der Waals surface area contributed by atoms with Crippen molar-refractivity contribution < 1.29 is 15.0 Å². The summed E-state index contributed by atoms with van der Waals surface area (Å²) in [6.07, 6.45) is 3.05. The highest BCUT2D eigenvalue weighted by Gasteiger charge is 2.21. The summed E-state index contributed by atoms with van der Waals surface area (Å²) in [7, 11) is 0. The number of rotatable bonds is 4. The molecule has 0 aliphatic carbocycles. The molecular formula is C14H20N2O3. The van der Waals surface area contributed by atoms with Gasteiger partial charge in [-0.25, -0.2) is 9.78 Å². The molecule has 1 fully saturated rings. The van der Waals surface area contributed by atoms with E-state index >= 15 is 0 Å². The highest BCUT2D eigenvalue weighted by molar-refractivity contribution is 5.89. The van der Waals surface area contributed by atoms with Crippen LogP contribution < -0.4 is 4.90 Å². The molecule has 0 aromatic carbocycles. The van der Waals surface area contributed by atoms with Crippen LogP contribution in [0, 0.1) is 12.8 Å². The van der Waals surface area contributed by atoms with Gasteiger partial charge in [-0.3, -0.25) is 0 Å². The quantitative estimate of drug-likeness (QED) is 0.865. The molecule has 0 amide bonds. The Kier molecular flexibility index (Phi) is 4.37. The number of carbonyl (C=O) groups is 1. The van der Waals surface area contributed by atoms with Gasteiger partial charge < -0.3 is 15.1 Å². The molecule has 1 aromatic heterocycles. The van der Waals surface area contributed by atoms with E-state index in [2.05, 4.69) is 9.88 Å². The van der Waals surface area contributed by atoms with Gasteiger partial charge in [0.15, 0.2) is 0 Å². The van der Waals surface area contributed by atoms with Gasteiger partial charge in [0.05, 0.1) is 11.3 Å². The molecule has 0 radical (unpaired) electrons. The van der Waals surface area contributed by atoms with Crippen LogP contribution in [0.3, 0.4) is 0 Å². The van der Waals surface area contributed by atoms with Gasteiger partial charge in [0.25, 0.3) is 0 Å². The first-order chi connectivity index (χ1) is 9.11. The standard InChI is InChI=1S/C14H20N2O3/c1-10-12(14(18)19)4-5-13(15-10)16-7-2-3-11(9-16)6-8-17/h4-5,11,17H,2-3,6-9H2,1H3,(H,18,19). The van der Waals surface area contributed by atoms with Gasteiger partial charge in [-0.05, 0) is 44.2 Å². The molecule has 2 rings (SSSR count). The van der Waals surface area contributed by atoms with Crippen molar-refractivity contribution in [1.82, 2.24) is 4.98 Å². The predicted molar refractivity (Wildman–Crippen MR) is 72.6 cm³/mol. The molecule has 5 heteroatoms. The van der Waals surface area contributed by atoms with Gasteiger partial charge in [0.1, 0.15) is 5.82 Å². The molecule has 1 saturated heterocycles. The summed E-state index contributed by atoms with van der Waals surface area (Å²) in [5, 5.41) is 18.0. The Morgan fingerprint density at radius 1 is 1.53 bits per heavy atom. The minimum atomic E-state index is -0.937. The normalized spacial score (nSPS) is 19.5. The third-order valence-corrected chi connectivity index (χ3v) is 3.68. The lowest BCUT2D eigenvalue weighted by atomic mass is 9.95. The van der Waals surface area contributed by atoms with Gasteiger partial charge in [-0.1, -0.05) is 0 Å². The first-order valence-corrected chi connectivity index (χ1v) is 6.68. The number of hydrogen-bond acceptors (Lipinski definition) is 4. The lowest BCUT2D eigenvalue weighted by Crippen LogP contribution is -2.36. The SMILES string of the molecule is Cc1nc(N2CCCC(CCO)C2)ccc1C(=O)O. The molecule has 1 aliphatic heterocycles. The number of aromatic carboxylic acids is 1. The van der Waals surface area contributed by atoms with E-state index in [1.54, 1.807) is 19.1 Å². The van der Waals surface area contributed by atoms with Crippen molar-refractivity contribution in [3.05, 3.63) is 23.4 Å². The Morgan fingerprint density at radius 2 is 2.32 bits per heavy atom. The molecule has 0 bridgehead atoms. The van der Waals surface area contributed by atoms with E-state index in [-0.39, 0.29) is 12.2 Å². The van der Waals surface area contributed by atoms with E-state index in [9.17, 15) is 4.79 Å². The molecule has 0 spiro atoms. The summed E-state index contributed by atoms with van der Waals surface area (Å²) in [6.45, 7) is 3.78. The van der Waals surface area contributed by atoms with Gasteiger partial charge in [-0.2, -0.15) is 0 Å². The highest BCUT2D eigenvalue weighted by atomic mass is 16.4. The Bertz CT molecular complexity index is 460. The fraction of sp³-hybridized carbons (Fsp3) is 0.571. The molecular weight excluding hydrogens is 244 g/mol. The largest absolute Gasteiger partial charge is 0.478 e. The molecule has 0 saturated carbocycles. The van der Waals surface area contributed by atoms with Crippen molar-refractivity contribution in [3.8, 4) is 0 Å². The summed E-state index contributed by atoms with van der Waals surface area (Å²) >= 11 is 0. The van der Waals surface area contributed by atoms with E-state index < -0.39 is 5.97 Å².